The van der Waals surface area contributed by atoms with E-state index in [1.807, 2.05) is 0 Å². The van der Waals surface area contributed by atoms with Gasteiger partial charge in [0.15, 0.2) is 22.4 Å². The van der Waals surface area contributed by atoms with E-state index in [2.05, 4.69) is 9.47 Å². The molecular formula is C12H12O10. The van der Waals surface area contributed by atoms with Gasteiger partial charge in [0.25, 0.3) is 0 Å². The van der Waals surface area contributed by atoms with Crippen molar-refractivity contribution < 1.29 is 47.6 Å². The quantitative estimate of drug-likeness (QED) is 0.370. The van der Waals surface area contributed by atoms with Gasteiger partial charge in [-0.25, -0.2) is 19.2 Å². The lowest BCUT2D eigenvalue weighted by molar-refractivity contribution is -0.397. The Labute approximate surface area is 123 Å². The van der Waals surface area contributed by atoms with Gasteiger partial charge in [0.1, 0.15) is 0 Å². The molecule has 22 heavy (non-hydrogen) atoms. The van der Waals surface area contributed by atoms with Gasteiger partial charge in [0.05, 0.1) is 0 Å². The highest BCUT2D eigenvalue weighted by Crippen LogP contribution is 2.66. The largest absolute Gasteiger partial charge is 0.519 e. The number of ether oxygens (including phenoxy) is 6. The maximum atomic E-state index is 11.6. The molecule has 0 atom stereocenters. The maximum Gasteiger partial charge on any atom is 0.519 e. The van der Waals surface area contributed by atoms with Crippen molar-refractivity contribution in [2.75, 3.05) is 0 Å². The van der Waals surface area contributed by atoms with Gasteiger partial charge < -0.3 is 28.4 Å². The van der Waals surface area contributed by atoms with Crippen LogP contribution in [0.15, 0.2) is 0 Å². The molecule has 10 nitrogen and oxygen atoms in total. The molecule has 3 aliphatic rings. The van der Waals surface area contributed by atoms with Gasteiger partial charge in [-0.3, -0.25) is 0 Å². The fourth-order valence-corrected chi connectivity index (χ4v) is 3.42. The maximum absolute atomic E-state index is 11.6. The Hall–Kier alpha value is -2.52. The van der Waals surface area contributed by atoms with Crippen LogP contribution < -0.4 is 0 Å². The first-order chi connectivity index (χ1) is 9.99. The molecule has 0 bridgehead atoms. The number of fused-ring (bicyclic) bond motifs is 4. The van der Waals surface area contributed by atoms with Crippen LogP contribution in [0.3, 0.4) is 0 Å². The number of rotatable bonds is 0. The van der Waals surface area contributed by atoms with Crippen molar-refractivity contribution >= 4 is 24.6 Å². The summed E-state index contributed by atoms with van der Waals surface area (Å²) in [6.45, 7) is 5.45. The molecule has 0 aromatic rings. The average Bonchev–Trinajstić information content (AvgIpc) is 2.48. The molecule has 0 aromatic carbocycles. The van der Waals surface area contributed by atoms with E-state index < -0.39 is 47.0 Å². The van der Waals surface area contributed by atoms with Crippen molar-refractivity contribution in [2.24, 2.45) is 0 Å². The summed E-state index contributed by atoms with van der Waals surface area (Å²) < 4.78 is 29.0. The Balaban J connectivity index is 2.19. The molecule has 0 radical (unpaired) electrons. The number of hydrogen-bond donors (Lipinski definition) is 0. The van der Waals surface area contributed by atoms with Crippen LogP contribution in [-0.2, 0) is 28.4 Å². The summed E-state index contributed by atoms with van der Waals surface area (Å²) in [4.78, 5) is 46.2. The van der Waals surface area contributed by atoms with Gasteiger partial charge in [0.2, 0.25) is 0 Å². The predicted molar refractivity (Wildman–Crippen MR) is 61.7 cm³/mol. The highest BCUT2D eigenvalue weighted by atomic mass is 16.9. The molecule has 3 fully saturated rings. The summed E-state index contributed by atoms with van der Waals surface area (Å²) in [5.74, 6) is 0. The first kappa shape index (κ1) is 14.4. The fourth-order valence-electron chi connectivity index (χ4n) is 3.42. The molecule has 10 heteroatoms. The van der Waals surface area contributed by atoms with E-state index in [4.69, 9.17) is 18.9 Å². The van der Waals surface area contributed by atoms with Gasteiger partial charge in [-0.15, -0.1) is 0 Å². The van der Waals surface area contributed by atoms with Gasteiger partial charge in [-0.1, -0.05) is 0 Å². The Bertz CT molecular complexity index is 505. The normalized spacial score (nSPS) is 46.7. The van der Waals surface area contributed by atoms with E-state index in [0.717, 1.165) is 0 Å². The van der Waals surface area contributed by atoms with E-state index in [0.29, 0.717) is 0 Å². The highest BCUT2D eigenvalue weighted by molar-refractivity contribution is 5.82. The molecule has 0 unspecified atom stereocenters. The summed E-state index contributed by atoms with van der Waals surface area (Å²) in [7, 11) is 0. The molecular weight excluding hydrogens is 304 g/mol. The molecule has 2 saturated heterocycles. The van der Waals surface area contributed by atoms with Crippen LogP contribution in [0.2, 0.25) is 0 Å². The standard InChI is InChI=1S/C12H12O10/c1-9-10(2,20-6(14)17-5(13)19-9)12(4)11(9,3)21-7(15)18-8(16)22-12/h1-4H3. The summed E-state index contributed by atoms with van der Waals surface area (Å²) in [5, 5.41) is 0. The Morgan fingerprint density at radius 3 is 0.864 bits per heavy atom. The fraction of sp³-hybridized carbons (Fsp3) is 0.667. The number of cyclic esters (lactones) is 4. The van der Waals surface area contributed by atoms with Crippen molar-refractivity contribution in [1.82, 2.24) is 0 Å². The zero-order valence-corrected chi connectivity index (χ0v) is 12.1. The van der Waals surface area contributed by atoms with Crippen LogP contribution in [0.5, 0.6) is 0 Å². The topological polar surface area (TPSA) is 124 Å². The third-order valence-corrected chi connectivity index (χ3v) is 5.12. The van der Waals surface area contributed by atoms with Crippen LogP contribution in [0.1, 0.15) is 27.7 Å². The van der Waals surface area contributed by atoms with Crippen LogP contribution in [0, 0.1) is 0 Å². The third kappa shape index (κ3) is 1.26. The predicted octanol–water partition coefficient (Wildman–Crippen LogP) is 1.64. The first-order valence-electron chi connectivity index (χ1n) is 6.27. The lowest BCUT2D eigenvalue weighted by Crippen LogP contribution is -2.93. The second kappa shape index (κ2) is 3.62. The molecule has 0 amide bonds. The summed E-state index contributed by atoms with van der Waals surface area (Å²) in [5.41, 5.74) is -6.72. The summed E-state index contributed by atoms with van der Waals surface area (Å²) in [6, 6.07) is 0. The van der Waals surface area contributed by atoms with Gasteiger partial charge in [0, 0.05) is 0 Å². The van der Waals surface area contributed by atoms with Crippen molar-refractivity contribution in [3.8, 4) is 0 Å². The molecule has 2 heterocycles. The number of carbonyl (C=O) groups is 4. The van der Waals surface area contributed by atoms with Gasteiger partial charge in [-0.05, 0) is 27.7 Å². The lowest BCUT2D eigenvalue weighted by atomic mass is 9.46. The molecule has 3 rings (SSSR count). The minimum atomic E-state index is -1.68. The van der Waals surface area contributed by atoms with Crippen LogP contribution in [0.25, 0.3) is 0 Å². The minimum absolute atomic E-state index is 1.33. The van der Waals surface area contributed by atoms with Gasteiger partial charge in [-0.2, -0.15) is 0 Å². The molecule has 0 N–H and O–H groups in total. The molecule has 2 aliphatic heterocycles. The molecule has 1 aliphatic carbocycles. The van der Waals surface area contributed by atoms with E-state index in [-0.39, 0.29) is 0 Å². The van der Waals surface area contributed by atoms with E-state index in [1.165, 1.54) is 27.7 Å². The Morgan fingerprint density at radius 1 is 0.500 bits per heavy atom. The Morgan fingerprint density at radius 2 is 0.682 bits per heavy atom. The average molecular weight is 316 g/mol. The highest BCUT2D eigenvalue weighted by Gasteiger charge is 2.92. The van der Waals surface area contributed by atoms with Crippen molar-refractivity contribution in [3.05, 3.63) is 0 Å². The smallest absolute Gasteiger partial charge is 0.419 e. The molecule has 120 valence electrons. The second-order valence-corrected chi connectivity index (χ2v) is 5.75. The zero-order valence-electron chi connectivity index (χ0n) is 12.1. The number of carbonyl (C=O) groups excluding carboxylic acids is 4. The molecule has 1 saturated carbocycles. The molecule has 0 spiro atoms. The van der Waals surface area contributed by atoms with Crippen LogP contribution in [-0.4, -0.2) is 47.0 Å². The lowest BCUT2D eigenvalue weighted by Gasteiger charge is -2.69. The monoisotopic (exact) mass is 316 g/mol. The summed E-state index contributed by atoms with van der Waals surface area (Å²) in [6.07, 6.45) is -5.31. The van der Waals surface area contributed by atoms with Crippen LogP contribution >= 0.6 is 0 Å². The molecule has 0 aromatic heterocycles. The SMILES string of the molecule is CC12OC(=O)OC(=O)OC1(C)C1(C)OC(=O)OC(=O)OC21C. The van der Waals surface area contributed by atoms with Crippen LogP contribution in [0.4, 0.5) is 19.2 Å². The van der Waals surface area contributed by atoms with E-state index in [1.54, 1.807) is 0 Å². The zero-order chi connectivity index (χ0) is 16.6. The van der Waals surface area contributed by atoms with Crippen molar-refractivity contribution in [2.45, 2.75) is 50.1 Å². The second-order valence-electron chi connectivity index (χ2n) is 5.75. The van der Waals surface area contributed by atoms with Gasteiger partial charge >= 0.3 is 24.6 Å². The third-order valence-electron chi connectivity index (χ3n) is 5.12. The summed E-state index contributed by atoms with van der Waals surface area (Å²) >= 11 is 0. The first-order valence-corrected chi connectivity index (χ1v) is 6.27. The van der Waals surface area contributed by atoms with E-state index in [9.17, 15) is 19.2 Å². The van der Waals surface area contributed by atoms with Crippen molar-refractivity contribution in [3.63, 3.8) is 0 Å². The number of hydrogen-bond acceptors (Lipinski definition) is 10. The Kier molecular flexibility index (Phi) is 2.37. The van der Waals surface area contributed by atoms with Crippen molar-refractivity contribution in [1.29, 1.82) is 0 Å². The van der Waals surface area contributed by atoms with E-state index >= 15 is 0 Å². The minimum Gasteiger partial charge on any atom is -0.419 e.